The van der Waals surface area contributed by atoms with Crippen LogP contribution in [-0.4, -0.2) is 44.0 Å². The largest absolute Gasteiger partial charge is 0.353 e. The van der Waals surface area contributed by atoms with E-state index < -0.39 is 0 Å². The minimum absolute atomic E-state index is 0.122. The highest BCUT2D eigenvalue weighted by molar-refractivity contribution is 7.16. The number of thiazole rings is 1. The third-order valence-corrected chi connectivity index (χ3v) is 3.87. The molecule has 0 aromatic carbocycles. The quantitative estimate of drug-likeness (QED) is 0.587. The first-order valence-electron chi connectivity index (χ1n) is 6.51. The maximum absolute atomic E-state index is 11.6. The zero-order valence-corrected chi connectivity index (χ0v) is 12.1. The number of nitrogens with two attached hydrogens (primary N) is 1. The fourth-order valence-corrected chi connectivity index (χ4v) is 2.80. The predicted octanol–water partition coefficient (Wildman–Crippen LogP) is -0.118. The molecule has 1 amide bonds. The van der Waals surface area contributed by atoms with Gasteiger partial charge in [-0.3, -0.25) is 4.79 Å². The van der Waals surface area contributed by atoms with E-state index in [1.807, 2.05) is 11.7 Å². The lowest BCUT2D eigenvalue weighted by Crippen LogP contribution is -2.32. The topological polar surface area (TPSA) is 115 Å². The Morgan fingerprint density at radius 2 is 2.43 bits per heavy atom. The Hall–Kier alpha value is -2.26. The van der Waals surface area contributed by atoms with Crippen molar-refractivity contribution < 1.29 is 4.79 Å². The minimum atomic E-state index is -0.122. The Morgan fingerprint density at radius 3 is 3.29 bits per heavy atom. The number of amides is 1. The lowest BCUT2D eigenvalue weighted by Gasteiger charge is -2.01. The van der Waals surface area contributed by atoms with Gasteiger partial charge < -0.3 is 16.0 Å². The number of hydrogen-bond donors (Lipinski definition) is 3. The lowest BCUT2D eigenvalue weighted by atomic mass is 10.2. The van der Waals surface area contributed by atoms with Crippen molar-refractivity contribution in [2.24, 2.45) is 5.73 Å². The van der Waals surface area contributed by atoms with Gasteiger partial charge in [0.25, 0.3) is 0 Å². The van der Waals surface area contributed by atoms with Gasteiger partial charge in [-0.2, -0.15) is 0 Å². The molecule has 0 radical (unpaired) electrons. The zero-order chi connectivity index (χ0) is 14.7. The Bertz CT molecular complexity index is 744. The van der Waals surface area contributed by atoms with Crippen LogP contribution in [0.1, 0.15) is 11.3 Å². The first-order valence-corrected chi connectivity index (χ1v) is 7.39. The summed E-state index contributed by atoms with van der Waals surface area (Å²) in [4.78, 5) is 18.9. The van der Waals surface area contributed by atoms with Gasteiger partial charge in [-0.05, 0) is 5.56 Å². The van der Waals surface area contributed by atoms with Crippen LogP contribution in [0.3, 0.4) is 0 Å². The molecule has 3 rings (SSSR count). The summed E-state index contributed by atoms with van der Waals surface area (Å²) in [5, 5.41) is 10.8. The van der Waals surface area contributed by atoms with Crippen molar-refractivity contribution in [1.82, 2.24) is 30.3 Å². The van der Waals surface area contributed by atoms with Crippen LogP contribution in [0.25, 0.3) is 10.3 Å². The van der Waals surface area contributed by atoms with Crippen molar-refractivity contribution in [3.05, 3.63) is 29.2 Å². The fraction of sp³-hybridized carbons (Fsp3) is 0.333. The summed E-state index contributed by atoms with van der Waals surface area (Å²) in [5.41, 5.74) is 9.98. The molecular weight excluding hydrogens is 290 g/mol. The molecule has 21 heavy (non-hydrogen) atoms. The van der Waals surface area contributed by atoms with Crippen molar-refractivity contribution in [2.45, 2.75) is 13.0 Å². The Morgan fingerprint density at radius 1 is 1.52 bits per heavy atom. The van der Waals surface area contributed by atoms with Crippen molar-refractivity contribution in [2.75, 3.05) is 13.1 Å². The summed E-state index contributed by atoms with van der Waals surface area (Å²) < 4.78 is 2.66. The number of H-pyrrole nitrogens is 1. The first-order chi connectivity index (χ1) is 10.3. The SMILES string of the molecule is NCCNC(=O)Cn1cc(Cc2c[nH]c3ncsc23)nn1. The van der Waals surface area contributed by atoms with E-state index in [0.717, 1.165) is 21.6 Å². The number of nitrogens with zero attached hydrogens (tertiary/aromatic N) is 4. The number of rotatable bonds is 6. The van der Waals surface area contributed by atoms with Crippen LogP contribution in [0.5, 0.6) is 0 Å². The molecule has 3 aromatic rings. The van der Waals surface area contributed by atoms with E-state index in [0.29, 0.717) is 19.5 Å². The number of carbonyl (C=O) groups is 1. The molecule has 0 unspecified atom stereocenters. The van der Waals surface area contributed by atoms with Gasteiger partial charge in [0.15, 0.2) is 0 Å². The third kappa shape index (κ3) is 3.09. The number of nitrogens with one attached hydrogen (secondary N) is 2. The number of carbonyl (C=O) groups excluding carboxylic acids is 1. The second kappa shape index (κ2) is 6.02. The second-order valence-electron chi connectivity index (χ2n) is 4.57. The molecule has 110 valence electrons. The third-order valence-electron chi connectivity index (χ3n) is 2.97. The molecule has 3 heterocycles. The highest BCUT2D eigenvalue weighted by Gasteiger charge is 2.10. The monoisotopic (exact) mass is 305 g/mol. The summed E-state index contributed by atoms with van der Waals surface area (Å²) in [6.45, 7) is 1.04. The molecular formula is C12H15N7OS. The molecule has 4 N–H and O–H groups in total. The van der Waals surface area contributed by atoms with E-state index in [9.17, 15) is 4.79 Å². The van der Waals surface area contributed by atoms with Gasteiger partial charge in [0, 0.05) is 31.9 Å². The maximum Gasteiger partial charge on any atom is 0.241 e. The molecule has 3 aromatic heterocycles. The standard InChI is InChI=1S/C12H15N7OS/c13-1-2-14-10(20)6-19-5-9(17-18-19)3-8-4-15-12-11(8)21-7-16-12/h4-5,7,15H,1-3,6,13H2,(H,14,20). The molecule has 8 nitrogen and oxygen atoms in total. The molecule has 9 heteroatoms. The van der Waals surface area contributed by atoms with E-state index in [1.54, 1.807) is 17.5 Å². The smallest absolute Gasteiger partial charge is 0.241 e. The van der Waals surface area contributed by atoms with E-state index in [2.05, 4.69) is 25.6 Å². The normalized spacial score (nSPS) is 11.1. The van der Waals surface area contributed by atoms with Gasteiger partial charge in [-0.1, -0.05) is 5.21 Å². The van der Waals surface area contributed by atoms with Crippen molar-refractivity contribution in [3.63, 3.8) is 0 Å². The molecule has 0 aliphatic heterocycles. The van der Waals surface area contributed by atoms with Crippen LogP contribution in [0, 0.1) is 0 Å². The molecule has 0 fully saturated rings. The number of fused-ring (bicyclic) bond motifs is 1. The highest BCUT2D eigenvalue weighted by atomic mass is 32.1. The average Bonchev–Trinajstić information content (AvgIpc) is 3.16. The first kappa shape index (κ1) is 13.7. The van der Waals surface area contributed by atoms with Gasteiger partial charge in [0.05, 0.1) is 15.9 Å². The van der Waals surface area contributed by atoms with Gasteiger partial charge in [0.2, 0.25) is 5.91 Å². The predicted molar refractivity (Wildman–Crippen MR) is 78.9 cm³/mol. The summed E-state index contributed by atoms with van der Waals surface area (Å²) in [6, 6.07) is 0. The summed E-state index contributed by atoms with van der Waals surface area (Å²) in [7, 11) is 0. The van der Waals surface area contributed by atoms with Crippen molar-refractivity contribution >= 4 is 27.6 Å². The van der Waals surface area contributed by atoms with Gasteiger partial charge in [-0.15, -0.1) is 16.4 Å². The van der Waals surface area contributed by atoms with Crippen molar-refractivity contribution in [1.29, 1.82) is 0 Å². The summed E-state index contributed by atoms with van der Waals surface area (Å²) >= 11 is 1.59. The van der Waals surface area contributed by atoms with E-state index in [1.165, 1.54) is 4.68 Å². The maximum atomic E-state index is 11.6. The van der Waals surface area contributed by atoms with Gasteiger partial charge in [0.1, 0.15) is 12.2 Å². The molecule has 0 atom stereocenters. The van der Waals surface area contributed by atoms with Crippen LogP contribution in [0.4, 0.5) is 0 Å². The van der Waals surface area contributed by atoms with E-state index in [4.69, 9.17) is 5.73 Å². The molecule has 0 aliphatic rings. The molecule has 0 spiro atoms. The number of aromatic amines is 1. The van der Waals surface area contributed by atoms with Gasteiger partial charge in [-0.25, -0.2) is 9.67 Å². The fourth-order valence-electron chi connectivity index (χ4n) is 2.04. The summed E-state index contributed by atoms with van der Waals surface area (Å²) in [5.74, 6) is -0.122. The molecule has 0 aliphatic carbocycles. The van der Waals surface area contributed by atoms with Crippen LogP contribution < -0.4 is 11.1 Å². The zero-order valence-electron chi connectivity index (χ0n) is 11.2. The van der Waals surface area contributed by atoms with Gasteiger partial charge >= 0.3 is 0 Å². The Balaban J connectivity index is 1.65. The van der Waals surface area contributed by atoms with Crippen molar-refractivity contribution in [3.8, 4) is 0 Å². The average molecular weight is 305 g/mol. The van der Waals surface area contributed by atoms with Crippen LogP contribution >= 0.6 is 11.3 Å². The van der Waals surface area contributed by atoms with Crippen LogP contribution in [-0.2, 0) is 17.8 Å². The molecule has 0 bridgehead atoms. The highest BCUT2D eigenvalue weighted by Crippen LogP contribution is 2.23. The number of hydrogen-bond acceptors (Lipinski definition) is 6. The Kier molecular flexibility index (Phi) is 3.93. The van der Waals surface area contributed by atoms with E-state index in [-0.39, 0.29) is 12.5 Å². The second-order valence-corrected chi connectivity index (χ2v) is 5.42. The summed E-state index contributed by atoms with van der Waals surface area (Å²) in [6.07, 6.45) is 4.37. The lowest BCUT2D eigenvalue weighted by molar-refractivity contribution is -0.121. The van der Waals surface area contributed by atoms with E-state index >= 15 is 0 Å². The number of aromatic nitrogens is 5. The van der Waals surface area contributed by atoms with Crippen LogP contribution in [0.2, 0.25) is 0 Å². The van der Waals surface area contributed by atoms with Crippen LogP contribution in [0.15, 0.2) is 17.9 Å². The Labute approximate surface area is 124 Å². The minimum Gasteiger partial charge on any atom is -0.353 e. The molecule has 0 saturated carbocycles. The molecule has 0 saturated heterocycles.